The molecule has 36 heavy (non-hydrogen) atoms. The lowest BCUT2D eigenvalue weighted by molar-refractivity contribution is 0.0691. The number of unbranched alkanes of at least 4 members (excludes halogenated alkanes) is 6. The Bertz CT molecular complexity index is 1080. The predicted octanol–water partition coefficient (Wildman–Crippen LogP) is 7.58. The highest BCUT2D eigenvalue weighted by molar-refractivity contribution is 6.39. The summed E-state index contributed by atoms with van der Waals surface area (Å²) in [6.45, 7) is 4.13. The number of phenolic OH excluding ortho intramolecular Hbond substituents is 2. The number of benzene rings is 2. The second-order valence-corrected chi connectivity index (χ2v) is 9.41. The highest BCUT2D eigenvalue weighted by atomic mass is 35.5. The second-order valence-electron chi connectivity index (χ2n) is 8.65. The van der Waals surface area contributed by atoms with E-state index >= 15 is 0 Å². The summed E-state index contributed by atoms with van der Waals surface area (Å²) < 4.78 is 10.9. The topological polar surface area (TPSA) is 113 Å². The number of hydrogen-bond acceptors (Lipinski definition) is 6. The molecule has 0 aliphatic heterocycles. The molecule has 0 spiro atoms. The van der Waals surface area contributed by atoms with Crippen molar-refractivity contribution >= 4 is 35.1 Å². The molecule has 0 saturated heterocycles. The molecule has 0 heterocycles. The first-order valence-electron chi connectivity index (χ1n) is 12.3. The van der Waals surface area contributed by atoms with Gasteiger partial charge in [0.2, 0.25) is 0 Å². The van der Waals surface area contributed by atoms with Gasteiger partial charge in [-0.1, -0.05) is 75.6 Å². The number of carboxylic acid groups (broad SMARTS) is 1. The molecule has 9 heteroatoms. The van der Waals surface area contributed by atoms with Crippen molar-refractivity contribution in [1.29, 1.82) is 0 Å². The highest BCUT2D eigenvalue weighted by Gasteiger charge is 2.28. The van der Waals surface area contributed by atoms with Crippen molar-refractivity contribution in [1.82, 2.24) is 0 Å². The predicted molar refractivity (Wildman–Crippen MR) is 140 cm³/mol. The standard InChI is InChI=1S/C27H34Cl2O7/c1-4-6-8-9-11-12-16-14-17(15-19(35-3)20(16)26(32)33)36-27(34)21-18(13-10-7-5-2)22(28)25(31)23(29)24(21)30/h14-15,30-31H,4-13H2,1-3H3,(H,32,33). The molecule has 0 saturated carbocycles. The molecule has 0 amide bonds. The Hall–Kier alpha value is -2.64. The Morgan fingerprint density at radius 3 is 2.06 bits per heavy atom. The fourth-order valence-electron chi connectivity index (χ4n) is 4.10. The molecule has 3 N–H and O–H groups in total. The van der Waals surface area contributed by atoms with Gasteiger partial charge in [0.1, 0.15) is 27.6 Å². The van der Waals surface area contributed by atoms with Gasteiger partial charge in [0.25, 0.3) is 0 Å². The van der Waals surface area contributed by atoms with Crippen LogP contribution in [0, 0.1) is 0 Å². The third kappa shape index (κ3) is 7.20. The minimum Gasteiger partial charge on any atom is -0.505 e. The fourth-order valence-corrected chi connectivity index (χ4v) is 4.62. The van der Waals surface area contributed by atoms with Crippen LogP contribution in [0.2, 0.25) is 10.0 Å². The molecule has 7 nitrogen and oxygen atoms in total. The summed E-state index contributed by atoms with van der Waals surface area (Å²) in [6, 6.07) is 2.82. The summed E-state index contributed by atoms with van der Waals surface area (Å²) >= 11 is 12.3. The maximum absolute atomic E-state index is 13.2. The summed E-state index contributed by atoms with van der Waals surface area (Å²) in [5, 5.41) is 30.0. The van der Waals surface area contributed by atoms with E-state index in [2.05, 4.69) is 6.92 Å². The summed E-state index contributed by atoms with van der Waals surface area (Å²) in [4.78, 5) is 25.2. The smallest absolute Gasteiger partial charge is 0.347 e. The van der Waals surface area contributed by atoms with E-state index in [-0.39, 0.29) is 33.2 Å². The normalized spacial score (nSPS) is 10.9. The van der Waals surface area contributed by atoms with Crippen LogP contribution < -0.4 is 9.47 Å². The van der Waals surface area contributed by atoms with Gasteiger partial charge in [-0.15, -0.1) is 0 Å². The van der Waals surface area contributed by atoms with Gasteiger partial charge in [0, 0.05) is 6.07 Å². The van der Waals surface area contributed by atoms with Gasteiger partial charge in [-0.2, -0.15) is 0 Å². The van der Waals surface area contributed by atoms with E-state index in [1.54, 1.807) is 0 Å². The maximum Gasteiger partial charge on any atom is 0.347 e. The number of methoxy groups -OCH3 is 1. The lowest BCUT2D eigenvalue weighted by atomic mass is 9.98. The molecule has 0 radical (unpaired) electrons. The Kier molecular flexibility index (Phi) is 11.7. The number of aryl methyl sites for hydroxylation is 1. The summed E-state index contributed by atoms with van der Waals surface area (Å²) in [5.41, 5.74) is 0.503. The minimum absolute atomic E-state index is 0.0200. The number of carbonyl (C=O) groups excluding carboxylic acids is 1. The number of aromatic hydroxyl groups is 2. The largest absolute Gasteiger partial charge is 0.505 e. The van der Waals surface area contributed by atoms with Gasteiger partial charge in [-0.3, -0.25) is 0 Å². The Morgan fingerprint density at radius 1 is 0.833 bits per heavy atom. The molecule has 2 aromatic carbocycles. The first-order chi connectivity index (χ1) is 17.2. The van der Waals surface area contributed by atoms with Gasteiger partial charge in [-0.25, -0.2) is 9.59 Å². The van der Waals surface area contributed by atoms with E-state index in [4.69, 9.17) is 32.7 Å². The van der Waals surface area contributed by atoms with Crippen LogP contribution in [-0.4, -0.2) is 34.4 Å². The zero-order valence-electron chi connectivity index (χ0n) is 21.0. The molecule has 0 aliphatic carbocycles. The number of rotatable bonds is 14. The Labute approximate surface area is 222 Å². The number of hydrogen-bond donors (Lipinski definition) is 3. The number of aromatic carboxylic acids is 1. The molecule has 0 unspecified atom stereocenters. The monoisotopic (exact) mass is 540 g/mol. The third-order valence-electron chi connectivity index (χ3n) is 6.01. The molecule has 0 bridgehead atoms. The van der Waals surface area contributed by atoms with Gasteiger partial charge < -0.3 is 24.8 Å². The number of carboxylic acids is 1. The fraction of sp³-hybridized carbons (Fsp3) is 0.481. The zero-order chi connectivity index (χ0) is 26.8. The van der Waals surface area contributed by atoms with Crippen molar-refractivity contribution < 1.29 is 34.4 Å². The van der Waals surface area contributed by atoms with Crippen LogP contribution in [-0.2, 0) is 12.8 Å². The van der Waals surface area contributed by atoms with Gasteiger partial charge >= 0.3 is 11.9 Å². The molecule has 0 fully saturated rings. The SMILES string of the molecule is CCCCCCCc1cc(OC(=O)c2c(O)c(Cl)c(O)c(Cl)c2CCCCC)cc(OC)c1C(=O)O. The van der Waals surface area contributed by atoms with E-state index in [0.717, 1.165) is 44.9 Å². The van der Waals surface area contributed by atoms with Gasteiger partial charge in [0.15, 0.2) is 11.5 Å². The number of ether oxygens (including phenoxy) is 2. The Morgan fingerprint density at radius 2 is 1.44 bits per heavy atom. The molecule has 0 aliphatic rings. The van der Waals surface area contributed by atoms with Crippen LogP contribution in [0.25, 0.3) is 0 Å². The van der Waals surface area contributed by atoms with Crippen molar-refractivity contribution in [3.8, 4) is 23.0 Å². The van der Waals surface area contributed by atoms with Crippen molar-refractivity contribution in [2.24, 2.45) is 0 Å². The van der Waals surface area contributed by atoms with Crippen LogP contribution in [0.15, 0.2) is 12.1 Å². The number of halogens is 2. The molecule has 198 valence electrons. The van der Waals surface area contributed by atoms with Crippen LogP contribution in [0.1, 0.15) is 97.1 Å². The first kappa shape index (κ1) is 29.6. The molecule has 0 atom stereocenters. The minimum atomic E-state index is -1.14. The molecular weight excluding hydrogens is 507 g/mol. The van der Waals surface area contributed by atoms with E-state index in [0.29, 0.717) is 24.8 Å². The quantitative estimate of drug-likeness (QED) is 0.128. The highest BCUT2D eigenvalue weighted by Crippen LogP contribution is 2.45. The molecule has 2 rings (SSSR count). The van der Waals surface area contributed by atoms with Crippen LogP contribution >= 0.6 is 23.2 Å². The van der Waals surface area contributed by atoms with Crippen molar-refractivity contribution in [3.63, 3.8) is 0 Å². The average Bonchev–Trinajstić information content (AvgIpc) is 2.85. The van der Waals surface area contributed by atoms with Gasteiger partial charge in [-0.05, 0) is 42.9 Å². The summed E-state index contributed by atoms with van der Waals surface area (Å²) in [7, 11) is 1.34. The van der Waals surface area contributed by atoms with Crippen LogP contribution in [0.5, 0.6) is 23.0 Å². The Balaban J connectivity index is 2.45. The van der Waals surface area contributed by atoms with Crippen LogP contribution in [0.3, 0.4) is 0 Å². The summed E-state index contributed by atoms with van der Waals surface area (Å²) in [6.07, 6.45) is 8.19. The number of carbonyl (C=O) groups is 2. The number of phenols is 2. The number of esters is 1. The maximum atomic E-state index is 13.2. The zero-order valence-corrected chi connectivity index (χ0v) is 22.5. The van der Waals surface area contributed by atoms with E-state index in [1.165, 1.54) is 19.2 Å². The second kappa shape index (κ2) is 14.2. The van der Waals surface area contributed by atoms with E-state index in [9.17, 15) is 24.9 Å². The molecule has 0 aromatic heterocycles. The van der Waals surface area contributed by atoms with Crippen molar-refractivity contribution in [3.05, 3.63) is 44.4 Å². The van der Waals surface area contributed by atoms with Crippen molar-refractivity contribution in [2.45, 2.75) is 78.1 Å². The first-order valence-corrected chi connectivity index (χ1v) is 13.0. The third-order valence-corrected chi connectivity index (χ3v) is 6.78. The molecular formula is C27H34Cl2O7. The van der Waals surface area contributed by atoms with Gasteiger partial charge in [0.05, 0.1) is 12.1 Å². The molecule has 2 aromatic rings. The van der Waals surface area contributed by atoms with E-state index in [1.807, 2.05) is 6.92 Å². The average molecular weight is 541 g/mol. The van der Waals surface area contributed by atoms with Crippen LogP contribution in [0.4, 0.5) is 0 Å². The lowest BCUT2D eigenvalue weighted by Gasteiger charge is -2.17. The van der Waals surface area contributed by atoms with Crippen molar-refractivity contribution in [2.75, 3.05) is 7.11 Å². The lowest BCUT2D eigenvalue weighted by Crippen LogP contribution is -2.14. The summed E-state index contributed by atoms with van der Waals surface area (Å²) in [5.74, 6) is -3.07. The van der Waals surface area contributed by atoms with E-state index < -0.39 is 28.5 Å².